The molecule has 0 fully saturated rings. The molecule has 140 valence electrons. The van der Waals surface area contributed by atoms with E-state index in [0.29, 0.717) is 0 Å². The fraction of sp³-hybridized carbons (Fsp3) is 0.167. The van der Waals surface area contributed by atoms with Crippen molar-refractivity contribution in [1.29, 1.82) is 0 Å². The van der Waals surface area contributed by atoms with Crippen LogP contribution in [-0.4, -0.2) is 14.8 Å². The Hall–Kier alpha value is -2.85. The number of aromatic nitrogens is 3. The number of benzene rings is 3. The summed E-state index contributed by atoms with van der Waals surface area (Å²) in [5, 5.41) is 9.97. The van der Waals surface area contributed by atoms with Crippen LogP contribution in [0.1, 0.15) is 22.3 Å². The van der Waals surface area contributed by atoms with Gasteiger partial charge in [0, 0.05) is 17.0 Å². The minimum Gasteiger partial charge on any atom is -0.270 e. The van der Waals surface area contributed by atoms with Crippen LogP contribution in [0.25, 0.3) is 17.1 Å². The van der Waals surface area contributed by atoms with Crippen molar-refractivity contribution in [3.8, 4) is 17.1 Å². The largest absolute Gasteiger partial charge is 0.270 e. The quantitative estimate of drug-likeness (QED) is 0.386. The van der Waals surface area contributed by atoms with Gasteiger partial charge in [0.2, 0.25) is 0 Å². The average molecular weight is 386 g/mol. The molecule has 3 nitrogen and oxygen atoms in total. The molecule has 4 rings (SSSR count). The van der Waals surface area contributed by atoms with E-state index in [1.54, 1.807) is 11.8 Å². The van der Waals surface area contributed by atoms with Crippen molar-refractivity contribution in [2.45, 2.75) is 31.7 Å². The van der Waals surface area contributed by atoms with Crippen molar-refractivity contribution < 1.29 is 0 Å². The summed E-state index contributed by atoms with van der Waals surface area (Å²) >= 11 is 1.72. The van der Waals surface area contributed by atoms with Crippen LogP contribution in [0.15, 0.2) is 78.0 Å². The molecule has 0 N–H and O–H groups in total. The first kappa shape index (κ1) is 18.5. The van der Waals surface area contributed by atoms with E-state index < -0.39 is 0 Å². The molecule has 0 saturated heterocycles. The first-order valence-electron chi connectivity index (χ1n) is 9.38. The number of rotatable bonds is 5. The SMILES string of the molecule is Cc1cccc(-c2nnc(SCc3ccc(C)c(C)c3)n2-c2ccccc2)c1. The number of hydrogen-bond donors (Lipinski definition) is 0. The Morgan fingerprint density at radius 1 is 0.786 bits per heavy atom. The molecule has 1 aromatic heterocycles. The van der Waals surface area contributed by atoms with Gasteiger partial charge in [-0.05, 0) is 55.7 Å². The molecule has 0 unspecified atom stereocenters. The molecule has 3 aromatic carbocycles. The lowest BCUT2D eigenvalue weighted by atomic mass is 10.1. The summed E-state index contributed by atoms with van der Waals surface area (Å²) in [4.78, 5) is 0. The van der Waals surface area contributed by atoms with Gasteiger partial charge in [0.15, 0.2) is 11.0 Å². The van der Waals surface area contributed by atoms with E-state index in [9.17, 15) is 0 Å². The minimum atomic E-state index is 0.861. The molecular formula is C24H23N3S. The van der Waals surface area contributed by atoms with Crippen molar-refractivity contribution in [1.82, 2.24) is 14.8 Å². The molecule has 4 aromatic rings. The Morgan fingerprint density at radius 3 is 2.36 bits per heavy atom. The van der Waals surface area contributed by atoms with Gasteiger partial charge in [-0.2, -0.15) is 0 Å². The van der Waals surface area contributed by atoms with Crippen molar-refractivity contribution >= 4 is 11.8 Å². The predicted molar refractivity (Wildman–Crippen MR) is 117 cm³/mol. The molecule has 0 atom stereocenters. The van der Waals surface area contributed by atoms with Crippen LogP contribution in [0.3, 0.4) is 0 Å². The second-order valence-corrected chi connectivity index (χ2v) is 8.00. The van der Waals surface area contributed by atoms with Crippen molar-refractivity contribution in [2.75, 3.05) is 0 Å². The first-order valence-corrected chi connectivity index (χ1v) is 10.4. The summed E-state index contributed by atoms with van der Waals surface area (Å²) < 4.78 is 2.15. The third kappa shape index (κ3) is 3.87. The Morgan fingerprint density at radius 2 is 1.61 bits per heavy atom. The average Bonchev–Trinajstić information content (AvgIpc) is 3.13. The standard InChI is InChI=1S/C24H23N3S/c1-17-8-7-9-21(14-17)23-25-26-24(27(23)22-10-5-4-6-11-22)28-16-20-13-12-18(2)19(3)15-20/h4-15H,16H2,1-3H3. The number of hydrogen-bond acceptors (Lipinski definition) is 3. The summed E-state index contributed by atoms with van der Waals surface area (Å²) in [6, 6.07) is 25.4. The number of thioether (sulfide) groups is 1. The van der Waals surface area contributed by atoms with Crippen LogP contribution in [-0.2, 0) is 5.75 Å². The van der Waals surface area contributed by atoms with Gasteiger partial charge in [0.1, 0.15) is 0 Å². The highest BCUT2D eigenvalue weighted by Crippen LogP contribution is 2.30. The van der Waals surface area contributed by atoms with Gasteiger partial charge in [0.05, 0.1) is 0 Å². The molecule has 1 heterocycles. The van der Waals surface area contributed by atoms with E-state index in [4.69, 9.17) is 0 Å². The van der Waals surface area contributed by atoms with E-state index in [1.807, 2.05) is 18.2 Å². The molecule has 0 aliphatic rings. The van der Waals surface area contributed by atoms with E-state index in [2.05, 4.69) is 90.1 Å². The molecule has 0 bridgehead atoms. The molecule has 0 amide bonds. The summed E-state index contributed by atoms with van der Waals surface area (Å²) in [5.74, 6) is 1.73. The Kier molecular flexibility index (Phi) is 5.31. The number of aryl methyl sites for hydroxylation is 3. The van der Waals surface area contributed by atoms with Gasteiger partial charge in [-0.1, -0.05) is 71.9 Å². The van der Waals surface area contributed by atoms with Gasteiger partial charge in [-0.25, -0.2) is 0 Å². The maximum Gasteiger partial charge on any atom is 0.196 e. The zero-order valence-electron chi connectivity index (χ0n) is 16.4. The molecule has 0 aliphatic heterocycles. The van der Waals surface area contributed by atoms with Crippen LogP contribution in [0.4, 0.5) is 0 Å². The fourth-order valence-corrected chi connectivity index (χ4v) is 4.08. The van der Waals surface area contributed by atoms with E-state index in [0.717, 1.165) is 28.0 Å². The maximum absolute atomic E-state index is 4.54. The highest BCUT2D eigenvalue weighted by molar-refractivity contribution is 7.98. The third-order valence-electron chi connectivity index (χ3n) is 4.86. The monoisotopic (exact) mass is 385 g/mol. The van der Waals surface area contributed by atoms with Crippen LogP contribution >= 0.6 is 11.8 Å². The van der Waals surface area contributed by atoms with Gasteiger partial charge in [-0.3, -0.25) is 4.57 Å². The van der Waals surface area contributed by atoms with E-state index >= 15 is 0 Å². The third-order valence-corrected chi connectivity index (χ3v) is 5.86. The lowest BCUT2D eigenvalue weighted by Gasteiger charge is -2.11. The van der Waals surface area contributed by atoms with Gasteiger partial charge in [-0.15, -0.1) is 10.2 Å². The van der Waals surface area contributed by atoms with Crippen LogP contribution < -0.4 is 0 Å². The van der Waals surface area contributed by atoms with Crippen LogP contribution in [0.5, 0.6) is 0 Å². The van der Waals surface area contributed by atoms with Crippen molar-refractivity contribution in [3.63, 3.8) is 0 Å². The molecule has 0 aliphatic carbocycles. The first-order chi connectivity index (χ1) is 13.6. The smallest absolute Gasteiger partial charge is 0.196 e. The van der Waals surface area contributed by atoms with Crippen LogP contribution in [0.2, 0.25) is 0 Å². The second-order valence-electron chi connectivity index (χ2n) is 7.05. The lowest BCUT2D eigenvalue weighted by Crippen LogP contribution is -2.00. The van der Waals surface area contributed by atoms with Crippen molar-refractivity contribution in [3.05, 3.63) is 95.1 Å². The van der Waals surface area contributed by atoms with E-state index in [-0.39, 0.29) is 0 Å². The minimum absolute atomic E-state index is 0.861. The van der Waals surface area contributed by atoms with Crippen molar-refractivity contribution in [2.24, 2.45) is 0 Å². The predicted octanol–water partition coefficient (Wildman–Crippen LogP) is 6.15. The van der Waals surface area contributed by atoms with E-state index in [1.165, 1.54) is 22.3 Å². The topological polar surface area (TPSA) is 30.7 Å². The number of para-hydroxylation sites is 1. The van der Waals surface area contributed by atoms with Gasteiger partial charge < -0.3 is 0 Å². The summed E-state index contributed by atoms with van der Waals surface area (Å²) in [5.41, 5.74) is 7.31. The second kappa shape index (κ2) is 8.03. The summed E-state index contributed by atoms with van der Waals surface area (Å²) in [7, 11) is 0. The van der Waals surface area contributed by atoms with Crippen LogP contribution in [0, 0.1) is 20.8 Å². The zero-order chi connectivity index (χ0) is 19.5. The Bertz CT molecular complexity index is 1100. The molecule has 0 saturated carbocycles. The summed E-state index contributed by atoms with van der Waals surface area (Å²) in [6.07, 6.45) is 0. The highest BCUT2D eigenvalue weighted by Gasteiger charge is 2.16. The lowest BCUT2D eigenvalue weighted by molar-refractivity contribution is 0.886. The molecule has 28 heavy (non-hydrogen) atoms. The maximum atomic E-state index is 4.54. The normalized spacial score (nSPS) is 11.0. The van der Waals surface area contributed by atoms with Gasteiger partial charge in [0.25, 0.3) is 0 Å². The zero-order valence-corrected chi connectivity index (χ0v) is 17.2. The number of nitrogens with zero attached hydrogens (tertiary/aromatic N) is 3. The molecule has 0 radical (unpaired) electrons. The molecular weight excluding hydrogens is 362 g/mol. The highest BCUT2D eigenvalue weighted by atomic mass is 32.2. The Labute approximate surface area is 170 Å². The Balaban J connectivity index is 1.72. The van der Waals surface area contributed by atoms with Gasteiger partial charge >= 0.3 is 0 Å². The molecule has 4 heteroatoms. The molecule has 0 spiro atoms. The summed E-state index contributed by atoms with van der Waals surface area (Å²) in [6.45, 7) is 6.40. The fourth-order valence-electron chi connectivity index (χ4n) is 3.19.